The van der Waals surface area contributed by atoms with Gasteiger partial charge in [0.1, 0.15) is 0 Å². The van der Waals surface area contributed by atoms with Crippen molar-refractivity contribution in [2.75, 3.05) is 6.54 Å². The van der Waals surface area contributed by atoms with Crippen LogP contribution in [0.15, 0.2) is 0 Å². The summed E-state index contributed by atoms with van der Waals surface area (Å²) < 4.78 is 0. The molecule has 3 heteroatoms. The van der Waals surface area contributed by atoms with Gasteiger partial charge in [0.15, 0.2) is 0 Å². The minimum Gasteiger partial charge on any atom is -0.339 e. The van der Waals surface area contributed by atoms with E-state index in [4.69, 9.17) is 5.73 Å². The Morgan fingerprint density at radius 2 is 1.89 bits per heavy atom. The second-order valence-electron chi connectivity index (χ2n) is 7.12. The molecular formula is C16H28N2O. The fourth-order valence-electron chi connectivity index (χ4n) is 4.58. The van der Waals surface area contributed by atoms with Gasteiger partial charge in [-0.2, -0.15) is 0 Å². The van der Waals surface area contributed by atoms with Gasteiger partial charge in [-0.05, 0) is 50.4 Å². The van der Waals surface area contributed by atoms with Crippen molar-refractivity contribution < 1.29 is 4.79 Å². The summed E-state index contributed by atoms with van der Waals surface area (Å²) in [5.41, 5.74) is 6.23. The van der Waals surface area contributed by atoms with Gasteiger partial charge in [0.05, 0.1) is 5.92 Å². The molecular weight excluding hydrogens is 236 g/mol. The van der Waals surface area contributed by atoms with E-state index >= 15 is 0 Å². The molecule has 0 aromatic carbocycles. The maximum absolute atomic E-state index is 12.9. The van der Waals surface area contributed by atoms with Crippen molar-refractivity contribution in [1.29, 1.82) is 0 Å². The Labute approximate surface area is 116 Å². The fourth-order valence-corrected chi connectivity index (χ4v) is 4.58. The molecule has 3 rings (SSSR count). The molecule has 0 spiro atoms. The van der Waals surface area contributed by atoms with Crippen LogP contribution >= 0.6 is 0 Å². The highest BCUT2D eigenvalue weighted by Crippen LogP contribution is 2.38. The lowest BCUT2D eigenvalue weighted by molar-refractivity contribution is -0.139. The van der Waals surface area contributed by atoms with Crippen LogP contribution in [-0.4, -0.2) is 29.4 Å². The first-order chi connectivity index (χ1) is 9.16. The normalized spacial score (nSPS) is 43.1. The molecule has 1 amide bonds. The van der Waals surface area contributed by atoms with Gasteiger partial charge in [-0.1, -0.05) is 19.8 Å². The van der Waals surface area contributed by atoms with Crippen LogP contribution in [0.1, 0.15) is 58.3 Å². The van der Waals surface area contributed by atoms with Gasteiger partial charge in [0, 0.05) is 18.6 Å². The van der Waals surface area contributed by atoms with Crippen molar-refractivity contribution in [3.8, 4) is 0 Å². The predicted molar refractivity (Wildman–Crippen MR) is 76.6 cm³/mol. The molecule has 3 aliphatic rings. The van der Waals surface area contributed by atoms with Crippen molar-refractivity contribution in [3.05, 3.63) is 0 Å². The summed E-state index contributed by atoms with van der Waals surface area (Å²) in [5.74, 6) is 1.94. The standard InChI is InChI=1S/C16H28N2O/c1-11-6-7-14(17)13(10-11)16(19)18-9-8-12-4-2-3-5-15(12)18/h11-15H,2-10,17H2,1H3. The molecule has 5 unspecified atom stereocenters. The highest BCUT2D eigenvalue weighted by Gasteiger charge is 2.42. The molecule has 0 aromatic heterocycles. The Balaban J connectivity index is 1.69. The lowest BCUT2D eigenvalue weighted by Crippen LogP contribution is -2.49. The number of nitrogens with zero attached hydrogens (tertiary/aromatic N) is 1. The zero-order chi connectivity index (χ0) is 13.4. The molecule has 19 heavy (non-hydrogen) atoms. The SMILES string of the molecule is CC1CCC(N)C(C(=O)N2CCC3CCCCC32)C1. The summed E-state index contributed by atoms with van der Waals surface area (Å²) in [5, 5.41) is 0. The maximum Gasteiger partial charge on any atom is 0.227 e. The van der Waals surface area contributed by atoms with E-state index < -0.39 is 0 Å². The summed E-state index contributed by atoms with van der Waals surface area (Å²) in [7, 11) is 0. The number of nitrogens with two attached hydrogens (primary N) is 1. The minimum absolute atomic E-state index is 0.101. The third kappa shape index (κ3) is 2.54. The number of carbonyl (C=O) groups excluding carboxylic acids is 1. The highest BCUT2D eigenvalue weighted by molar-refractivity contribution is 5.80. The molecule has 2 aliphatic carbocycles. The Morgan fingerprint density at radius 1 is 1.11 bits per heavy atom. The van der Waals surface area contributed by atoms with Gasteiger partial charge < -0.3 is 10.6 Å². The third-order valence-electron chi connectivity index (χ3n) is 5.78. The molecule has 3 nitrogen and oxygen atoms in total. The topological polar surface area (TPSA) is 46.3 Å². The largest absolute Gasteiger partial charge is 0.339 e. The zero-order valence-corrected chi connectivity index (χ0v) is 12.2. The van der Waals surface area contributed by atoms with Crippen LogP contribution in [0.2, 0.25) is 0 Å². The monoisotopic (exact) mass is 264 g/mol. The Bertz CT molecular complexity index is 344. The van der Waals surface area contributed by atoms with Crippen LogP contribution in [0.3, 0.4) is 0 Å². The summed E-state index contributed by atoms with van der Waals surface area (Å²) in [6.07, 6.45) is 9.69. The summed E-state index contributed by atoms with van der Waals surface area (Å²) in [6.45, 7) is 3.26. The molecule has 1 saturated heterocycles. The van der Waals surface area contributed by atoms with E-state index in [0.29, 0.717) is 17.9 Å². The van der Waals surface area contributed by atoms with E-state index in [9.17, 15) is 4.79 Å². The van der Waals surface area contributed by atoms with E-state index in [0.717, 1.165) is 25.3 Å². The summed E-state index contributed by atoms with van der Waals surface area (Å²) in [4.78, 5) is 15.1. The first kappa shape index (κ1) is 13.4. The van der Waals surface area contributed by atoms with Crippen molar-refractivity contribution in [3.63, 3.8) is 0 Å². The molecule has 3 fully saturated rings. The first-order valence-electron chi connectivity index (χ1n) is 8.23. The number of hydrogen-bond donors (Lipinski definition) is 1. The van der Waals surface area contributed by atoms with Crippen molar-refractivity contribution in [1.82, 2.24) is 4.90 Å². The van der Waals surface area contributed by atoms with Gasteiger partial charge >= 0.3 is 0 Å². The Kier molecular flexibility index (Phi) is 3.84. The van der Waals surface area contributed by atoms with Crippen molar-refractivity contribution >= 4 is 5.91 Å². The van der Waals surface area contributed by atoms with Gasteiger partial charge in [-0.25, -0.2) is 0 Å². The Hall–Kier alpha value is -0.570. The number of carbonyl (C=O) groups is 1. The molecule has 0 bridgehead atoms. The van der Waals surface area contributed by atoms with Crippen LogP contribution < -0.4 is 5.73 Å². The van der Waals surface area contributed by atoms with Crippen molar-refractivity contribution in [2.45, 2.75) is 70.4 Å². The van der Waals surface area contributed by atoms with Gasteiger partial charge in [0.25, 0.3) is 0 Å². The number of amides is 1. The molecule has 108 valence electrons. The number of rotatable bonds is 1. The second-order valence-corrected chi connectivity index (χ2v) is 7.12. The van der Waals surface area contributed by atoms with Crippen LogP contribution in [-0.2, 0) is 4.79 Å². The average molecular weight is 264 g/mol. The third-order valence-corrected chi connectivity index (χ3v) is 5.78. The molecule has 0 radical (unpaired) electrons. The lowest BCUT2D eigenvalue weighted by Gasteiger charge is -2.38. The lowest BCUT2D eigenvalue weighted by atomic mass is 9.78. The van der Waals surface area contributed by atoms with Crippen LogP contribution in [0.5, 0.6) is 0 Å². The van der Waals surface area contributed by atoms with Gasteiger partial charge in [-0.3, -0.25) is 4.79 Å². The van der Waals surface area contributed by atoms with Crippen LogP contribution in [0, 0.1) is 17.8 Å². The zero-order valence-electron chi connectivity index (χ0n) is 12.2. The van der Waals surface area contributed by atoms with E-state index in [2.05, 4.69) is 11.8 Å². The molecule has 1 heterocycles. The number of likely N-dealkylation sites (tertiary alicyclic amines) is 1. The van der Waals surface area contributed by atoms with E-state index in [-0.39, 0.29) is 12.0 Å². The van der Waals surface area contributed by atoms with E-state index in [1.165, 1.54) is 38.5 Å². The fraction of sp³-hybridized carbons (Fsp3) is 0.938. The number of fused-ring (bicyclic) bond motifs is 1. The predicted octanol–water partition coefficient (Wildman–Crippen LogP) is 2.54. The minimum atomic E-state index is 0.101. The molecule has 1 aliphatic heterocycles. The second kappa shape index (κ2) is 5.43. The first-order valence-corrected chi connectivity index (χ1v) is 8.23. The maximum atomic E-state index is 12.9. The van der Waals surface area contributed by atoms with Gasteiger partial charge in [-0.15, -0.1) is 0 Å². The van der Waals surface area contributed by atoms with Crippen molar-refractivity contribution in [2.24, 2.45) is 23.5 Å². The number of hydrogen-bond acceptors (Lipinski definition) is 2. The quantitative estimate of drug-likeness (QED) is 0.791. The summed E-state index contributed by atoms with van der Waals surface area (Å²) >= 11 is 0. The van der Waals surface area contributed by atoms with E-state index in [1.807, 2.05) is 0 Å². The molecule has 0 aromatic rings. The van der Waals surface area contributed by atoms with Crippen LogP contribution in [0.4, 0.5) is 0 Å². The van der Waals surface area contributed by atoms with E-state index in [1.54, 1.807) is 0 Å². The highest BCUT2D eigenvalue weighted by atomic mass is 16.2. The Morgan fingerprint density at radius 3 is 2.74 bits per heavy atom. The molecule has 2 N–H and O–H groups in total. The smallest absolute Gasteiger partial charge is 0.227 e. The van der Waals surface area contributed by atoms with Gasteiger partial charge in [0.2, 0.25) is 5.91 Å². The summed E-state index contributed by atoms with van der Waals surface area (Å²) in [6, 6.07) is 0.650. The average Bonchev–Trinajstić information content (AvgIpc) is 2.84. The van der Waals surface area contributed by atoms with Crippen LogP contribution in [0.25, 0.3) is 0 Å². The molecule has 2 saturated carbocycles. The molecule has 5 atom stereocenters.